The minimum Gasteiger partial charge on any atom is -0.358 e. The van der Waals surface area contributed by atoms with E-state index in [-0.39, 0.29) is 0 Å². The fraction of sp³-hybridized carbons (Fsp3) is 0.500. The molecule has 18 heavy (non-hydrogen) atoms. The Kier molecular flexibility index (Phi) is 3.62. The van der Waals surface area contributed by atoms with Gasteiger partial charge in [0.15, 0.2) is 0 Å². The summed E-state index contributed by atoms with van der Waals surface area (Å²) < 4.78 is 58.2. The topological polar surface area (TPSA) is 121 Å². The lowest BCUT2D eigenvalue weighted by Crippen LogP contribution is -2.13. The van der Waals surface area contributed by atoms with Crippen molar-refractivity contribution in [2.24, 2.45) is 5.14 Å². The first kappa shape index (κ1) is 14.4. The molecule has 1 rings (SSSR count). The largest absolute Gasteiger partial charge is 0.410 e. The smallest absolute Gasteiger partial charge is 0.358 e. The van der Waals surface area contributed by atoms with Crippen molar-refractivity contribution in [3.63, 3.8) is 0 Å². The van der Waals surface area contributed by atoms with Crippen LogP contribution in [0.4, 0.5) is 19.0 Å². The molecule has 1 heterocycles. The Morgan fingerprint density at radius 2 is 2.06 bits per heavy atom. The lowest BCUT2D eigenvalue weighted by Gasteiger charge is -2.02. The van der Waals surface area contributed by atoms with Crippen LogP contribution in [-0.2, 0) is 16.6 Å². The Morgan fingerprint density at radius 1 is 1.50 bits per heavy atom. The Morgan fingerprint density at radius 3 is 2.39 bits per heavy atom. The summed E-state index contributed by atoms with van der Waals surface area (Å²) in [6, 6.07) is 0. The fourth-order valence-corrected chi connectivity index (χ4v) is 1.71. The molecule has 2 N–H and O–H groups in total. The number of aromatic nitrogens is 2. The first-order chi connectivity index (χ1) is 8.00. The van der Waals surface area contributed by atoms with Gasteiger partial charge >= 0.3 is 12.0 Å². The quantitative estimate of drug-likeness (QED) is 0.634. The molecule has 1 aromatic heterocycles. The average Bonchev–Trinajstić information content (AvgIpc) is 2.56. The highest BCUT2D eigenvalue weighted by Gasteiger charge is 2.31. The Labute approximate surface area is 98.4 Å². The minimum absolute atomic E-state index is 0.519. The maximum atomic E-state index is 11.9. The van der Waals surface area contributed by atoms with Gasteiger partial charge in [-0.1, -0.05) is 0 Å². The average molecular weight is 288 g/mol. The molecule has 12 heteroatoms. The van der Waals surface area contributed by atoms with Crippen molar-refractivity contribution in [1.29, 1.82) is 0 Å². The van der Waals surface area contributed by atoms with Crippen LogP contribution >= 0.6 is 0 Å². The Bertz CT molecular complexity index is 564. The van der Waals surface area contributed by atoms with Gasteiger partial charge in [0, 0.05) is 0 Å². The third-order valence-electron chi connectivity index (χ3n) is 1.81. The lowest BCUT2D eigenvalue weighted by molar-refractivity contribution is -0.392. The van der Waals surface area contributed by atoms with Gasteiger partial charge in [-0.2, -0.15) is 17.9 Å². The van der Waals surface area contributed by atoms with E-state index < -0.39 is 44.8 Å². The van der Waals surface area contributed by atoms with Crippen LogP contribution < -0.4 is 5.14 Å². The molecule has 0 aliphatic carbocycles. The van der Waals surface area contributed by atoms with Crippen LogP contribution in [0.25, 0.3) is 0 Å². The van der Waals surface area contributed by atoms with Gasteiger partial charge in [-0.3, -0.25) is 0 Å². The lowest BCUT2D eigenvalue weighted by atomic mass is 10.4. The molecule has 0 saturated heterocycles. The number of nitrogens with two attached hydrogens (primary N) is 1. The summed E-state index contributed by atoms with van der Waals surface area (Å²) in [6.45, 7) is -0.736. The zero-order valence-electron chi connectivity index (χ0n) is 8.59. The molecule has 0 atom stereocenters. The molecule has 0 aliphatic heterocycles. The summed E-state index contributed by atoms with van der Waals surface area (Å²) >= 11 is 0. The normalized spacial score (nSPS) is 12.7. The molecule has 0 saturated carbocycles. The molecular weight excluding hydrogens is 281 g/mol. The molecule has 0 unspecified atom stereocenters. The zero-order valence-corrected chi connectivity index (χ0v) is 9.40. The summed E-state index contributed by atoms with van der Waals surface area (Å²) in [4.78, 5) is 8.41. The molecule has 0 bridgehead atoms. The predicted molar refractivity (Wildman–Crippen MR) is 50.9 cm³/mol. The molecule has 0 aliphatic rings. The van der Waals surface area contributed by atoms with Crippen LogP contribution in [0.1, 0.15) is 6.42 Å². The second kappa shape index (κ2) is 4.53. The van der Waals surface area contributed by atoms with Gasteiger partial charge in [-0.05, 0) is 4.92 Å². The van der Waals surface area contributed by atoms with Gasteiger partial charge in [0.05, 0.1) is 24.3 Å². The zero-order chi connectivity index (χ0) is 14.1. The standard InChI is InChI=1S/C6H7F3N4O4S/c7-6(8,9)1-2-12-3-4(18(10,16)17)5(11-12)13(14)15/h3H,1-2H2,(H2,10,16,17). The van der Waals surface area contributed by atoms with Crippen LogP contribution in [-0.4, -0.2) is 29.3 Å². The number of sulfonamides is 1. The molecular formula is C6H7F3N4O4S. The number of hydrogen-bond donors (Lipinski definition) is 1. The molecule has 0 spiro atoms. The van der Waals surface area contributed by atoms with Gasteiger partial charge in [-0.25, -0.2) is 13.6 Å². The SMILES string of the molecule is NS(=O)(=O)c1cn(CCC(F)(F)F)nc1[N+](=O)[O-]. The fourth-order valence-electron chi connectivity index (χ4n) is 1.08. The molecule has 0 amide bonds. The van der Waals surface area contributed by atoms with Crippen LogP contribution in [0.5, 0.6) is 0 Å². The van der Waals surface area contributed by atoms with E-state index in [1.54, 1.807) is 0 Å². The third-order valence-corrected chi connectivity index (χ3v) is 2.71. The summed E-state index contributed by atoms with van der Waals surface area (Å²) in [5, 5.41) is 18.3. The van der Waals surface area contributed by atoms with E-state index in [0.717, 1.165) is 0 Å². The highest BCUT2D eigenvalue weighted by Crippen LogP contribution is 2.23. The van der Waals surface area contributed by atoms with E-state index in [1.807, 2.05) is 0 Å². The number of hydrogen-bond acceptors (Lipinski definition) is 5. The Hall–Kier alpha value is -1.69. The van der Waals surface area contributed by atoms with Crippen molar-refractivity contribution < 1.29 is 26.5 Å². The van der Waals surface area contributed by atoms with Gasteiger partial charge in [0.2, 0.25) is 14.9 Å². The summed E-state index contributed by atoms with van der Waals surface area (Å²) in [6.07, 6.45) is -5.18. The van der Waals surface area contributed by atoms with Crippen molar-refractivity contribution in [3.8, 4) is 0 Å². The van der Waals surface area contributed by atoms with E-state index in [9.17, 15) is 31.7 Å². The minimum atomic E-state index is -4.48. The van der Waals surface area contributed by atoms with Gasteiger partial charge < -0.3 is 10.1 Å². The second-order valence-electron chi connectivity index (χ2n) is 3.25. The summed E-state index contributed by atoms with van der Waals surface area (Å²) in [7, 11) is -4.42. The molecule has 0 radical (unpaired) electrons. The summed E-state index contributed by atoms with van der Waals surface area (Å²) in [5.74, 6) is -1.10. The molecule has 0 aromatic carbocycles. The van der Waals surface area contributed by atoms with Crippen LogP contribution in [0.2, 0.25) is 0 Å². The van der Waals surface area contributed by atoms with Crippen molar-refractivity contribution in [2.45, 2.75) is 24.0 Å². The number of aryl methyl sites for hydroxylation is 1. The van der Waals surface area contributed by atoms with Crippen molar-refractivity contribution in [1.82, 2.24) is 9.78 Å². The van der Waals surface area contributed by atoms with Crippen molar-refractivity contribution in [3.05, 3.63) is 16.3 Å². The number of primary sulfonamides is 1. The second-order valence-corrected chi connectivity index (χ2v) is 4.78. The molecule has 8 nitrogen and oxygen atoms in total. The van der Waals surface area contributed by atoms with E-state index in [1.165, 1.54) is 0 Å². The number of nitrogens with zero attached hydrogens (tertiary/aromatic N) is 3. The molecule has 0 fully saturated rings. The van der Waals surface area contributed by atoms with Gasteiger partial charge in [0.25, 0.3) is 0 Å². The maximum Gasteiger partial charge on any atom is 0.410 e. The number of alkyl halides is 3. The van der Waals surface area contributed by atoms with E-state index in [0.29, 0.717) is 10.9 Å². The van der Waals surface area contributed by atoms with Crippen molar-refractivity contribution in [2.75, 3.05) is 0 Å². The predicted octanol–water partition coefficient (Wildman–Crippen LogP) is 0.391. The Balaban J connectivity index is 3.08. The van der Waals surface area contributed by atoms with E-state index in [4.69, 9.17) is 0 Å². The first-order valence-electron chi connectivity index (χ1n) is 4.32. The number of rotatable bonds is 4. The number of nitro groups is 1. The third kappa shape index (κ3) is 3.66. The summed E-state index contributed by atoms with van der Waals surface area (Å²) in [5.41, 5.74) is 0. The van der Waals surface area contributed by atoms with Crippen LogP contribution in [0, 0.1) is 10.1 Å². The maximum absolute atomic E-state index is 11.9. The van der Waals surface area contributed by atoms with Crippen molar-refractivity contribution >= 4 is 15.8 Å². The van der Waals surface area contributed by atoms with Crippen LogP contribution in [0.15, 0.2) is 11.1 Å². The van der Waals surface area contributed by atoms with E-state index in [2.05, 4.69) is 10.2 Å². The number of halogens is 3. The van der Waals surface area contributed by atoms with E-state index >= 15 is 0 Å². The molecule has 102 valence electrons. The highest BCUT2D eigenvalue weighted by atomic mass is 32.2. The first-order valence-corrected chi connectivity index (χ1v) is 5.87. The molecule has 1 aromatic rings. The van der Waals surface area contributed by atoms with Crippen LogP contribution in [0.3, 0.4) is 0 Å². The van der Waals surface area contributed by atoms with Gasteiger partial charge in [0.1, 0.15) is 0 Å². The monoisotopic (exact) mass is 288 g/mol. The highest BCUT2D eigenvalue weighted by molar-refractivity contribution is 7.89. The van der Waals surface area contributed by atoms with Gasteiger partial charge in [-0.15, -0.1) is 0 Å².